The SMILES string of the molecule is CCOC(=O)c1ccc(NCC(=O)Nc2cccc(Cl)c2Cl)cc1. The van der Waals surface area contributed by atoms with Crippen molar-refractivity contribution in [3.63, 3.8) is 0 Å². The van der Waals surface area contributed by atoms with Gasteiger partial charge in [-0.25, -0.2) is 4.79 Å². The molecule has 0 bridgehead atoms. The molecule has 0 atom stereocenters. The Balaban J connectivity index is 1.90. The molecule has 2 N–H and O–H groups in total. The molecule has 0 saturated heterocycles. The zero-order valence-corrected chi connectivity index (χ0v) is 14.4. The molecule has 0 aliphatic heterocycles. The van der Waals surface area contributed by atoms with Crippen molar-refractivity contribution < 1.29 is 14.3 Å². The minimum absolute atomic E-state index is 0.0432. The lowest BCUT2D eigenvalue weighted by Crippen LogP contribution is -2.22. The van der Waals surface area contributed by atoms with Gasteiger partial charge in [-0.05, 0) is 43.3 Å². The Kier molecular flexibility index (Phi) is 6.46. The first-order valence-corrected chi connectivity index (χ1v) is 8.01. The zero-order valence-electron chi connectivity index (χ0n) is 12.9. The molecule has 126 valence electrons. The number of carbonyl (C=O) groups is 2. The maximum atomic E-state index is 12.0. The summed E-state index contributed by atoms with van der Waals surface area (Å²) in [6, 6.07) is 11.7. The number of esters is 1. The number of ether oxygens (including phenoxy) is 1. The van der Waals surface area contributed by atoms with E-state index in [1.807, 2.05) is 0 Å². The van der Waals surface area contributed by atoms with E-state index in [0.29, 0.717) is 33.6 Å². The number of rotatable bonds is 6. The van der Waals surface area contributed by atoms with Crippen molar-refractivity contribution in [3.8, 4) is 0 Å². The van der Waals surface area contributed by atoms with Gasteiger partial charge in [0, 0.05) is 5.69 Å². The highest BCUT2D eigenvalue weighted by Gasteiger charge is 2.09. The summed E-state index contributed by atoms with van der Waals surface area (Å²) in [6.45, 7) is 2.12. The second kappa shape index (κ2) is 8.57. The minimum atomic E-state index is -0.377. The average molecular weight is 367 g/mol. The summed E-state index contributed by atoms with van der Waals surface area (Å²) >= 11 is 11.9. The second-order valence-corrected chi connectivity index (χ2v) is 5.59. The van der Waals surface area contributed by atoms with Crippen molar-refractivity contribution in [3.05, 3.63) is 58.1 Å². The molecule has 0 spiro atoms. The molecule has 0 radical (unpaired) electrons. The molecule has 2 rings (SSSR count). The largest absolute Gasteiger partial charge is 0.462 e. The Bertz CT molecular complexity index is 733. The van der Waals surface area contributed by atoms with Crippen LogP contribution in [0, 0.1) is 0 Å². The van der Waals surface area contributed by atoms with E-state index in [-0.39, 0.29) is 18.4 Å². The van der Waals surface area contributed by atoms with Gasteiger partial charge in [0.1, 0.15) is 0 Å². The molecular formula is C17H16Cl2N2O3. The van der Waals surface area contributed by atoms with Gasteiger partial charge < -0.3 is 15.4 Å². The molecule has 2 aromatic rings. The van der Waals surface area contributed by atoms with Crippen LogP contribution < -0.4 is 10.6 Å². The van der Waals surface area contributed by atoms with E-state index < -0.39 is 0 Å². The normalized spacial score (nSPS) is 10.1. The Morgan fingerprint density at radius 2 is 1.79 bits per heavy atom. The highest BCUT2D eigenvalue weighted by atomic mass is 35.5. The van der Waals surface area contributed by atoms with Crippen LogP contribution in [0.1, 0.15) is 17.3 Å². The molecule has 0 unspecified atom stereocenters. The van der Waals surface area contributed by atoms with Gasteiger partial charge in [0.15, 0.2) is 0 Å². The molecule has 2 aromatic carbocycles. The van der Waals surface area contributed by atoms with Crippen LogP contribution in [0.4, 0.5) is 11.4 Å². The van der Waals surface area contributed by atoms with E-state index >= 15 is 0 Å². The third-order valence-electron chi connectivity index (χ3n) is 3.07. The molecule has 1 amide bonds. The minimum Gasteiger partial charge on any atom is -0.462 e. The number of anilines is 2. The summed E-state index contributed by atoms with van der Waals surface area (Å²) in [5.41, 5.74) is 1.61. The van der Waals surface area contributed by atoms with Crippen LogP contribution in [0.5, 0.6) is 0 Å². The fourth-order valence-corrected chi connectivity index (χ4v) is 2.26. The molecule has 5 nitrogen and oxygen atoms in total. The van der Waals surface area contributed by atoms with Gasteiger partial charge in [-0.15, -0.1) is 0 Å². The Morgan fingerprint density at radius 1 is 1.08 bits per heavy atom. The number of halogens is 2. The number of carbonyl (C=O) groups excluding carboxylic acids is 2. The Morgan fingerprint density at radius 3 is 2.46 bits per heavy atom. The van der Waals surface area contributed by atoms with Gasteiger partial charge in [-0.1, -0.05) is 29.3 Å². The number of hydrogen-bond acceptors (Lipinski definition) is 4. The van der Waals surface area contributed by atoms with E-state index in [1.54, 1.807) is 49.4 Å². The van der Waals surface area contributed by atoms with Crippen molar-refractivity contribution >= 4 is 46.5 Å². The molecule has 7 heteroatoms. The topological polar surface area (TPSA) is 67.4 Å². The maximum Gasteiger partial charge on any atom is 0.338 e. The number of benzene rings is 2. The second-order valence-electron chi connectivity index (χ2n) is 4.80. The monoisotopic (exact) mass is 366 g/mol. The molecule has 0 saturated carbocycles. The number of hydrogen-bond donors (Lipinski definition) is 2. The summed E-state index contributed by atoms with van der Waals surface area (Å²) in [5, 5.41) is 6.30. The van der Waals surface area contributed by atoms with Crippen molar-refractivity contribution in [2.45, 2.75) is 6.92 Å². The van der Waals surface area contributed by atoms with Gasteiger partial charge in [0.2, 0.25) is 5.91 Å². The molecule has 0 aliphatic carbocycles. The third-order valence-corrected chi connectivity index (χ3v) is 3.89. The molecule has 0 aliphatic rings. The highest BCUT2D eigenvalue weighted by molar-refractivity contribution is 6.44. The van der Waals surface area contributed by atoms with E-state index in [0.717, 1.165) is 0 Å². The zero-order chi connectivity index (χ0) is 17.5. The van der Waals surface area contributed by atoms with Crippen LogP contribution in [0.25, 0.3) is 0 Å². The average Bonchev–Trinajstić information content (AvgIpc) is 2.58. The van der Waals surface area contributed by atoms with Gasteiger partial charge in [0.25, 0.3) is 0 Å². The van der Waals surface area contributed by atoms with Crippen LogP contribution in [-0.2, 0) is 9.53 Å². The summed E-state index contributed by atoms with van der Waals surface area (Å²) in [4.78, 5) is 23.5. The van der Waals surface area contributed by atoms with Crippen molar-refractivity contribution in [2.75, 3.05) is 23.8 Å². The van der Waals surface area contributed by atoms with E-state index in [9.17, 15) is 9.59 Å². The Hall–Kier alpha value is -2.24. The van der Waals surface area contributed by atoms with Crippen LogP contribution >= 0.6 is 23.2 Å². The van der Waals surface area contributed by atoms with Gasteiger partial charge in [-0.2, -0.15) is 0 Å². The lowest BCUT2D eigenvalue weighted by Gasteiger charge is -2.10. The van der Waals surface area contributed by atoms with E-state index in [1.165, 1.54) is 0 Å². The molecule has 0 fully saturated rings. The molecule has 0 aromatic heterocycles. The van der Waals surface area contributed by atoms with Crippen LogP contribution in [0.15, 0.2) is 42.5 Å². The van der Waals surface area contributed by atoms with Gasteiger partial charge in [-0.3, -0.25) is 4.79 Å². The molecule has 0 heterocycles. The number of nitrogens with one attached hydrogen (secondary N) is 2. The molecule has 24 heavy (non-hydrogen) atoms. The van der Waals surface area contributed by atoms with Gasteiger partial charge in [0.05, 0.1) is 34.4 Å². The lowest BCUT2D eigenvalue weighted by molar-refractivity contribution is -0.114. The summed E-state index contributed by atoms with van der Waals surface area (Å²) in [5.74, 6) is -0.647. The predicted molar refractivity (Wildman–Crippen MR) is 96.0 cm³/mol. The predicted octanol–water partition coefficient (Wildman–Crippen LogP) is 4.22. The standard InChI is InChI=1S/C17H16Cl2N2O3/c1-2-24-17(23)11-6-8-12(9-7-11)20-10-15(22)21-14-5-3-4-13(18)16(14)19/h3-9,20H,2,10H2,1H3,(H,21,22). The fourth-order valence-electron chi connectivity index (χ4n) is 1.92. The third kappa shape index (κ3) is 4.88. The van der Waals surface area contributed by atoms with Crippen molar-refractivity contribution in [2.24, 2.45) is 0 Å². The summed E-state index contributed by atoms with van der Waals surface area (Å²) in [6.07, 6.45) is 0. The van der Waals surface area contributed by atoms with Gasteiger partial charge >= 0.3 is 5.97 Å². The molecular weight excluding hydrogens is 351 g/mol. The first-order valence-electron chi connectivity index (χ1n) is 7.26. The first-order chi connectivity index (χ1) is 11.5. The van der Waals surface area contributed by atoms with Crippen molar-refractivity contribution in [1.29, 1.82) is 0 Å². The smallest absolute Gasteiger partial charge is 0.338 e. The van der Waals surface area contributed by atoms with Crippen LogP contribution in [0.2, 0.25) is 10.0 Å². The number of amides is 1. The van der Waals surface area contributed by atoms with Crippen molar-refractivity contribution in [1.82, 2.24) is 0 Å². The highest BCUT2D eigenvalue weighted by Crippen LogP contribution is 2.29. The summed E-state index contributed by atoms with van der Waals surface area (Å²) in [7, 11) is 0. The van der Waals surface area contributed by atoms with Crippen LogP contribution in [0.3, 0.4) is 0 Å². The lowest BCUT2D eigenvalue weighted by atomic mass is 10.2. The first kappa shape index (κ1) is 18.1. The Labute approximate surface area is 149 Å². The summed E-state index contributed by atoms with van der Waals surface area (Å²) < 4.78 is 4.91. The van der Waals surface area contributed by atoms with E-state index in [2.05, 4.69) is 10.6 Å². The fraction of sp³-hybridized carbons (Fsp3) is 0.176. The quantitative estimate of drug-likeness (QED) is 0.751. The van der Waals surface area contributed by atoms with Crippen LogP contribution in [-0.4, -0.2) is 25.0 Å². The maximum absolute atomic E-state index is 12.0. The van der Waals surface area contributed by atoms with E-state index in [4.69, 9.17) is 27.9 Å².